The maximum atomic E-state index is 5.47. The number of unbranched alkanes of at least 4 members (excludes halogenated alkanes) is 1. The van der Waals surface area contributed by atoms with Gasteiger partial charge in [0.25, 0.3) is 0 Å². The maximum absolute atomic E-state index is 5.47. The van der Waals surface area contributed by atoms with Crippen LogP contribution in [0.2, 0.25) is 0 Å². The van der Waals surface area contributed by atoms with Crippen molar-refractivity contribution in [3.8, 4) is 0 Å². The Balaban J connectivity index is 0.00000480. The van der Waals surface area contributed by atoms with Gasteiger partial charge in [-0.2, -0.15) is 0 Å². The monoisotopic (exact) mass is 546 g/mol. The summed E-state index contributed by atoms with van der Waals surface area (Å²) in [6.07, 6.45) is 7.28. The minimum Gasteiger partial charge on any atom is -0.382 e. The Labute approximate surface area is 206 Å². The largest absolute Gasteiger partial charge is 0.382 e. The number of piperidine rings is 1. The summed E-state index contributed by atoms with van der Waals surface area (Å²) in [5.74, 6) is 1.73. The summed E-state index contributed by atoms with van der Waals surface area (Å²) in [4.78, 5) is 6.93. The zero-order valence-corrected chi connectivity index (χ0v) is 21.8. The molecule has 0 aliphatic carbocycles. The van der Waals surface area contributed by atoms with Gasteiger partial charge in [-0.3, -0.25) is 4.99 Å². The lowest BCUT2D eigenvalue weighted by molar-refractivity contribution is 0.0698. The molecule has 0 saturated carbocycles. The van der Waals surface area contributed by atoms with E-state index in [1.54, 1.807) is 7.11 Å². The molecule has 31 heavy (non-hydrogen) atoms. The number of hydrogen-bond acceptors (Lipinski definition) is 4. The second-order valence-corrected chi connectivity index (χ2v) is 8.07. The first-order chi connectivity index (χ1) is 14.8. The molecule has 2 rings (SSSR count). The third-order valence-corrected chi connectivity index (χ3v) is 5.68. The van der Waals surface area contributed by atoms with Gasteiger partial charge in [0, 0.05) is 33.9 Å². The van der Waals surface area contributed by atoms with E-state index in [-0.39, 0.29) is 24.0 Å². The van der Waals surface area contributed by atoms with Crippen LogP contribution in [-0.2, 0) is 15.9 Å². The minimum atomic E-state index is 0. The fourth-order valence-electron chi connectivity index (χ4n) is 3.87. The Morgan fingerprint density at radius 1 is 1.00 bits per heavy atom. The van der Waals surface area contributed by atoms with E-state index in [1.807, 2.05) is 7.05 Å². The maximum Gasteiger partial charge on any atom is 0.190 e. The Kier molecular flexibility index (Phi) is 16.9. The Bertz CT molecular complexity index is 566. The van der Waals surface area contributed by atoms with Gasteiger partial charge in [-0.1, -0.05) is 30.3 Å². The molecule has 6 nitrogen and oxygen atoms in total. The highest BCUT2D eigenvalue weighted by Gasteiger charge is 2.18. The third-order valence-electron chi connectivity index (χ3n) is 5.68. The molecule has 0 spiro atoms. The van der Waals surface area contributed by atoms with E-state index in [2.05, 4.69) is 50.9 Å². The van der Waals surface area contributed by atoms with E-state index in [0.717, 1.165) is 38.0 Å². The lowest BCUT2D eigenvalue weighted by atomic mass is 9.90. The highest BCUT2D eigenvalue weighted by Crippen LogP contribution is 2.21. The molecule has 1 heterocycles. The molecule has 1 saturated heterocycles. The SMILES string of the molecule is CN=C(NCCCCN1CCC(Cc2ccccc2)CC1)NCCCOCCOC.I. The first-order valence-corrected chi connectivity index (χ1v) is 11.6. The molecule has 2 N–H and O–H groups in total. The van der Waals surface area contributed by atoms with Crippen LogP contribution < -0.4 is 10.6 Å². The van der Waals surface area contributed by atoms with Crippen molar-refractivity contribution in [3.05, 3.63) is 35.9 Å². The quantitative estimate of drug-likeness (QED) is 0.162. The van der Waals surface area contributed by atoms with Gasteiger partial charge in [0.2, 0.25) is 0 Å². The van der Waals surface area contributed by atoms with Gasteiger partial charge in [-0.15, -0.1) is 24.0 Å². The average molecular weight is 547 g/mol. The summed E-state index contributed by atoms with van der Waals surface area (Å²) < 4.78 is 10.4. The molecule has 0 unspecified atom stereocenters. The van der Waals surface area contributed by atoms with Crippen LogP contribution in [0, 0.1) is 5.92 Å². The van der Waals surface area contributed by atoms with Gasteiger partial charge < -0.3 is 25.0 Å². The van der Waals surface area contributed by atoms with Gasteiger partial charge in [-0.25, -0.2) is 0 Å². The number of likely N-dealkylation sites (tertiary alicyclic amines) is 1. The molecular weight excluding hydrogens is 503 g/mol. The van der Waals surface area contributed by atoms with Crippen molar-refractivity contribution in [1.82, 2.24) is 15.5 Å². The van der Waals surface area contributed by atoms with Crippen LogP contribution in [-0.4, -0.2) is 77.6 Å². The Morgan fingerprint density at radius 3 is 2.39 bits per heavy atom. The molecule has 0 atom stereocenters. The zero-order valence-electron chi connectivity index (χ0n) is 19.5. The first-order valence-electron chi connectivity index (χ1n) is 11.6. The van der Waals surface area contributed by atoms with Crippen molar-refractivity contribution in [3.63, 3.8) is 0 Å². The molecular formula is C24H43IN4O2. The summed E-state index contributed by atoms with van der Waals surface area (Å²) in [5.41, 5.74) is 1.49. The van der Waals surface area contributed by atoms with Crippen LogP contribution in [0.25, 0.3) is 0 Å². The van der Waals surface area contributed by atoms with Gasteiger partial charge in [-0.05, 0) is 69.6 Å². The lowest BCUT2D eigenvalue weighted by Crippen LogP contribution is -2.39. The van der Waals surface area contributed by atoms with E-state index in [0.29, 0.717) is 13.2 Å². The van der Waals surface area contributed by atoms with E-state index in [1.165, 1.54) is 57.3 Å². The van der Waals surface area contributed by atoms with Crippen LogP contribution in [0.1, 0.15) is 37.7 Å². The van der Waals surface area contributed by atoms with Crippen molar-refractivity contribution in [2.45, 2.75) is 38.5 Å². The molecule has 0 amide bonds. The fourth-order valence-corrected chi connectivity index (χ4v) is 3.87. The van der Waals surface area contributed by atoms with Crippen molar-refractivity contribution in [1.29, 1.82) is 0 Å². The minimum absolute atomic E-state index is 0. The molecule has 1 aromatic rings. The molecule has 1 fully saturated rings. The predicted molar refractivity (Wildman–Crippen MR) is 141 cm³/mol. The van der Waals surface area contributed by atoms with Crippen LogP contribution in [0.3, 0.4) is 0 Å². The molecule has 7 heteroatoms. The highest BCUT2D eigenvalue weighted by molar-refractivity contribution is 14.0. The van der Waals surface area contributed by atoms with Crippen LogP contribution >= 0.6 is 24.0 Å². The van der Waals surface area contributed by atoms with Crippen molar-refractivity contribution >= 4 is 29.9 Å². The number of rotatable bonds is 14. The number of methoxy groups -OCH3 is 1. The lowest BCUT2D eigenvalue weighted by Gasteiger charge is -2.32. The van der Waals surface area contributed by atoms with Crippen LogP contribution in [0.15, 0.2) is 35.3 Å². The van der Waals surface area contributed by atoms with Crippen molar-refractivity contribution in [2.75, 3.05) is 66.7 Å². The highest BCUT2D eigenvalue weighted by atomic mass is 127. The van der Waals surface area contributed by atoms with Crippen LogP contribution in [0.5, 0.6) is 0 Å². The Hall–Kier alpha value is -0.900. The number of ether oxygens (including phenoxy) is 2. The van der Waals surface area contributed by atoms with Gasteiger partial charge in [0.15, 0.2) is 5.96 Å². The first kappa shape index (κ1) is 28.1. The van der Waals surface area contributed by atoms with Gasteiger partial charge >= 0.3 is 0 Å². The second-order valence-electron chi connectivity index (χ2n) is 8.07. The predicted octanol–water partition coefficient (Wildman–Crippen LogP) is 3.56. The Morgan fingerprint density at radius 2 is 1.71 bits per heavy atom. The van der Waals surface area contributed by atoms with E-state index >= 15 is 0 Å². The molecule has 1 aromatic carbocycles. The molecule has 1 aliphatic heterocycles. The summed E-state index contributed by atoms with van der Waals surface area (Å²) in [7, 11) is 3.51. The summed E-state index contributed by atoms with van der Waals surface area (Å²) in [6.45, 7) is 7.61. The standard InChI is InChI=1S/C24H42N4O2.HI/c1-25-24(27-14-8-18-30-20-19-29-2)26-13-6-7-15-28-16-11-23(12-17-28)21-22-9-4-3-5-10-22;/h3-5,9-10,23H,6-8,11-21H2,1-2H3,(H2,25,26,27);1H. The number of benzene rings is 1. The number of nitrogens with zero attached hydrogens (tertiary/aromatic N) is 2. The van der Waals surface area contributed by atoms with E-state index in [9.17, 15) is 0 Å². The zero-order chi connectivity index (χ0) is 21.3. The number of guanidine groups is 1. The average Bonchev–Trinajstić information content (AvgIpc) is 2.78. The number of hydrogen-bond donors (Lipinski definition) is 2. The van der Waals surface area contributed by atoms with Crippen LogP contribution in [0.4, 0.5) is 0 Å². The molecule has 178 valence electrons. The normalized spacial score (nSPS) is 15.5. The number of aliphatic imine (C=N–C) groups is 1. The van der Waals surface area contributed by atoms with E-state index in [4.69, 9.17) is 9.47 Å². The van der Waals surface area contributed by atoms with Gasteiger partial charge in [0.05, 0.1) is 13.2 Å². The third kappa shape index (κ3) is 13.3. The summed E-state index contributed by atoms with van der Waals surface area (Å²) in [5, 5.41) is 6.75. The van der Waals surface area contributed by atoms with E-state index < -0.39 is 0 Å². The smallest absolute Gasteiger partial charge is 0.190 e. The molecule has 0 bridgehead atoms. The van der Waals surface area contributed by atoms with Crippen molar-refractivity contribution in [2.24, 2.45) is 10.9 Å². The number of halogens is 1. The molecule has 0 aromatic heterocycles. The summed E-state index contributed by atoms with van der Waals surface area (Å²) >= 11 is 0. The topological polar surface area (TPSA) is 58.1 Å². The number of nitrogens with one attached hydrogen (secondary N) is 2. The summed E-state index contributed by atoms with van der Waals surface area (Å²) in [6, 6.07) is 10.9. The fraction of sp³-hybridized carbons (Fsp3) is 0.708. The van der Waals surface area contributed by atoms with Crippen molar-refractivity contribution < 1.29 is 9.47 Å². The second kappa shape index (κ2) is 18.7. The molecule has 0 radical (unpaired) electrons. The van der Waals surface area contributed by atoms with Gasteiger partial charge in [0.1, 0.15) is 0 Å². The molecule has 1 aliphatic rings.